The third-order valence-corrected chi connectivity index (χ3v) is 3.75. The lowest BCUT2D eigenvalue weighted by Gasteiger charge is -2.16. The molecule has 2 aromatic carbocycles. The molecule has 0 radical (unpaired) electrons. The monoisotopic (exact) mass is 341 g/mol. The van der Waals surface area contributed by atoms with E-state index in [4.69, 9.17) is 0 Å². The summed E-state index contributed by atoms with van der Waals surface area (Å²) in [6.07, 6.45) is 3.53. The summed E-state index contributed by atoms with van der Waals surface area (Å²) in [6, 6.07) is 12.7. The molecule has 6 heteroatoms. The van der Waals surface area contributed by atoms with Gasteiger partial charge in [0.2, 0.25) is 0 Å². The normalized spacial score (nSPS) is 10.7. The minimum absolute atomic E-state index is 0.0170. The zero-order valence-electron chi connectivity index (χ0n) is 13.7. The quantitative estimate of drug-likeness (QED) is 0.713. The molecule has 3 aromatic rings. The molecular formula is C19H17F2N3O. The molecule has 4 nitrogen and oxygen atoms in total. The number of rotatable bonds is 5. The van der Waals surface area contributed by atoms with Crippen molar-refractivity contribution in [1.82, 2.24) is 14.7 Å². The van der Waals surface area contributed by atoms with E-state index >= 15 is 0 Å². The maximum atomic E-state index is 13.3. The van der Waals surface area contributed by atoms with Crippen LogP contribution in [-0.4, -0.2) is 27.6 Å². The average molecular weight is 341 g/mol. The average Bonchev–Trinajstić information content (AvgIpc) is 3.01. The molecule has 1 amide bonds. The van der Waals surface area contributed by atoms with E-state index in [1.807, 2.05) is 36.5 Å². The van der Waals surface area contributed by atoms with Gasteiger partial charge in [-0.15, -0.1) is 0 Å². The topological polar surface area (TPSA) is 38.1 Å². The highest BCUT2D eigenvalue weighted by Crippen LogP contribution is 2.12. The SMILES string of the molecule is CN(Cc1cnn(Cc2ccccc2)c1)C(=O)c1cc(F)cc(F)c1. The third-order valence-electron chi connectivity index (χ3n) is 3.75. The number of hydrogen-bond acceptors (Lipinski definition) is 2. The first-order valence-electron chi connectivity index (χ1n) is 7.78. The number of benzene rings is 2. The van der Waals surface area contributed by atoms with Crippen molar-refractivity contribution in [3.63, 3.8) is 0 Å². The summed E-state index contributed by atoms with van der Waals surface area (Å²) in [4.78, 5) is 13.7. The van der Waals surface area contributed by atoms with Gasteiger partial charge in [0.25, 0.3) is 5.91 Å². The molecule has 0 spiro atoms. The molecule has 1 aromatic heterocycles. The largest absolute Gasteiger partial charge is 0.337 e. The van der Waals surface area contributed by atoms with Gasteiger partial charge in [0.05, 0.1) is 12.7 Å². The lowest BCUT2D eigenvalue weighted by atomic mass is 10.2. The number of hydrogen-bond donors (Lipinski definition) is 0. The van der Waals surface area contributed by atoms with E-state index in [2.05, 4.69) is 5.10 Å². The highest BCUT2D eigenvalue weighted by Gasteiger charge is 2.15. The molecule has 0 bridgehead atoms. The van der Waals surface area contributed by atoms with Gasteiger partial charge in [-0.3, -0.25) is 9.48 Å². The van der Waals surface area contributed by atoms with Crippen molar-refractivity contribution in [2.24, 2.45) is 0 Å². The van der Waals surface area contributed by atoms with Crippen LogP contribution in [0.15, 0.2) is 60.9 Å². The van der Waals surface area contributed by atoms with Crippen LogP contribution < -0.4 is 0 Å². The highest BCUT2D eigenvalue weighted by atomic mass is 19.1. The summed E-state index contributed by atoms with van der Waals surface area (Å²) in [6.45, 7) is 0.930. The first-order chi connectivity index (χ1) is 12.0. The third kappa shape index (κ3) is 4.29. The molecule has 0 N–H and O–H groups in total. The van der Waals surface area contributed by atoms with Gasteiger partial charge in [-0.05, 0) is 17.7 Å². The van der Waals surface area contributed by atoms with E-state index in [1.165, 1.54) is 4.90 Å². The fourth-order valence-electron chi connectivity index (χ4n) is 2.59. The Morgan fingerprint density at radius 1 is 1.08 bits per heavy atom. The zero-order valence-corrected chi connectivity index (χ0v) is 13.7. The molecule has 0 aliphatic carbocycles. The predicted octanol–water partition coefficient (Wildman–Crippen LogP) is 3.48. The first kappa shape index (κ1) is 16.8. The number of nitrogens with zero attached hydrogens (tertiary/aromatic N) is 3. The smallest absolute Gasteiger partial charge is 0.254 e. The van der Waals surface area contributed by atoms with Crippen LogP contribution in [0.5, 0.6) is 0 Å². The van der Waals surface area contributed by atoms with Crippen molar-refractivity contribution in [2.75, 3.05) is 7.05 Å². The summed E-state index contributed by atoms with van der Waals surface area (Å²) in [5, 5.41) is 4.28. The molecule has 0 saturated carbocycles. The van der Waals surface area contributed by atoms with E-state index in [0.717, 1.165) is 29.3 Å². The standard InChI is InChI=1S/C19H17F2N3O/c1-23(19(25)16-7-17(20)9-18(21)8-16)11-15-10-22-24(13-15)12-14-5-3-2-4-6-14/h2-10,13H,11-12H2,1H3. The second-order valence-corrected chi connectivity index (χ2v) is 5.85. The molecule has 0 unspecified atom stereocenters. The van der Waals surface area contributed by atoms with Gasteiger partial charge in [0.15, 0.2) is 0 Å². The van der Waals surface area contributed by atoms with E-state index in [1.54, 1.807) is 17.9 Å². The Hall–Kier alpha value is -3.02. The molecule has 1 heterocycles. The Bertz CT molecular complexity index is 857. The van der Waals surface area contributed by atoms with Crippen LogP contribution in [0.1, 0.15) is 21.5 Å². The van der Waals surface area contributed by atoms with Crippen molar-refractivity contribution < 1.29 is 13.6 Å². The Morgan fingerprint density at radius 2 is 1.76 bits per heavy atom. The fourth-order valence-corrected chi connectivity index (χ4v) is 2.59. The van der Waals surface area contributed by atoms with Crippen LogP contribution in [-0.2, 0) is 13.1 Å². The Labute approximate surface area is 144 Å². The van der Waals surface area contributed by atoms with Crippen LogP contribution in [0.4, 0.5) is 8.78 Å². The van der Waals surface area contributed by atoms with Gasteiger partial charge in [-0.1, -0.05) is 30.3 Å². The van der Waals surface area contributed by atoms with Gasteiger partial charge >= 0.3 is 0 Å². The number of aromatic nitrogens is 2. The van der Waals surface area contributed by atoms with Crippen molar-refractivity contribution in [1.29, 1.82) is 0 Å². The Kier molecular flexibility index (Phi) is 4.88. The van der Waals surface area contributed by atoms with Crippen molar-refractivity contribution in [2.45, 2.75) is 13.1 Å². The molecule has 3 rings (SSSR count). The molecule has 0 aliphatic rings. The Balaban J connectivity index is 1.66. The summed E-state index contributed by atoms with van der Waals surface area (Å²) < 4.78 is 28.3. The molecular weight excluding hydrogens is 324 g/mol. The van der Waals surface area contributed by atoms with Gasteiger partial charge < -0.3 is 4.90 Å². The Morgan fingerprint density at radius 3 is 2.44 bits per heavy atom. The minimum Gasteiger partial charge on any atom is -0.337 e. The minimum atomic E-state index is -0.771. The molecule has 0 fully saturated rings. The van der Waals surface area contributed by atoms with Crippen molar-refractivity contribution in [3.8, 4) is 0 Å². The lowest BCUT2D eigenvalue weighted by Crippen LogP contribution is -2.26. The van der Waals surface area contributed by atoms with Crippen LogP contribution >= 0.6 is 0 Å². The zero-order chi connectivity index (χ0) is 17.8. The molecule has 0 atom stereocenters. The van der Waals surface area contributed by atoms with E-state index in [0.29, 0.717) is 13.1 Å². The van der Waals surface area contributed by atoms with Gasteiger partial charge in [-0.25, -0.2) is 8.78 Å². The number of halogens is 2. The fraction of sp³-hybridized carbons (Fsp3) is 0.158. The number of carbonyl (C=O) groups is 1. The van der Waals surface area contributed by atoms with Crippen LogP contribution in [0, 0.1) is 11.6 Å². The van der Waals surface area contributed by atoms with E-state index < -0.39 is 17.5 Å². The first-order valence-corrected chi connectivity index (χ1v) is 7.78. The maximum absolute atomic E-state index is 13.3. The van der Waals surface area contributed by atoms with Crippen LogP contribution in [0.25, 0.3) is 0 Å². The molecule has 128 valence electrons. The van der Waals surface area contributed by atoms with Crippen molar-refractivity contribution in [3.05, 3.63) is 89.2 Å². The molecule has 0 saturated heterocycles. The summed E-state index contributed by atoms with van der Waals surface area (Å²) in [5.41, 5.74) is 1.94. The highest BCUT2D eigenvalue weighted by molar-refractivity contribution is 5.94. The number of carbonyl (C=O) groups excluding carboxylic acids is 1. The predicted molar refractivity (Wildman–Crippen MR) is 89.9 cm³/mol. The van der Waals surface area contributed by atoms with Gasteiger partial charge in [-0.2, -0.15) is 5.10 Å². The number of amides is 1. The van der Waals surface area contributed by atoms with E-state index in [9.17, 15) is 13.6 Å². The van der Waals surface area contributed by atoms with E-state index in [-0.39, 0.29) is 5.56 Å². The summed E-state index contributed by atoms with van der Waals surface area (Å²) >= 11 is 0. The molecule has 25 heavy (non-hydrogen) atoms. The summed E-state index contributed by atoms with van der Waals surface area (Å²) in [7, 11) is 1.58. The molecule has 0 aliphatic heterocycles. The second-order valence-electron chi connectivity index (χ2n) is 5.85. The van der Waals surface area contributed by atoms with Crippen molar-refractivity contribution >= 4 is 5.91 Å². The van der Waals surface area contributed by atoms with Crippen LogP contribution in [0.2, 0.25) is 0 Å². The lowest BCUT2D eigenvalue weighted by molar-refractivity contribution is 0.0784. The van der Waals surface area contributed by atoms with Crippen LogP contribution in [0.3, 0.4) is 0 Å². The van der Waals surface area contributed by atoms with Gasteiger partial charge in [0.1, 0.15) is 11.6 Å². The summed E-state index contributed by atoms with van der Waals surface area (Å²) in [5.74, 6) is -1.99. The maximum Gasteiger partial charge on any atom is 0.254 e. The second kappa shape index (κ2) is 7.25. The van der Waals surface area contributed by atoms with Gasteiger partial charge in [0, 0.05) is 37.0 Å².